The molecule has 1 aromatic rings. The van der Waals surface area contributed by atoms with Crippen molar-refractivity contribution in [2.24, 2.45) is 0 Å². The van der Waals surface area contributed by atoms with Gasteiger partial charge in [0.25, 0.3) is 0 Å². The van der Waals surface area contributed by atoms with E-state index >= 15 is 0 Å². The van der Waals surface area contributed by atoms with E-state index in [-0.39, 0.29) is 42.0 Å². The number of carbonyl (C=O) groups excluding carboxylic acids is 2. The van der Waals surface area contributed by atoms with E-state index in [4.69, 9.17) is 4.65 Å². The zero-order chi connectivity index (χ0) is 22.4. The Morgan fingerprint density at radius 3 is 2.81 bits per heavy atom. The molecule has 0 aliphatic carbocycles. The quantitative estimate of drug-likeness (QED) is 0.384. The fourth-order valence-corrected chi connectivity index (χ4v) is 4.30. The van der Waals surface area contributed by atoms with E-state index in [1.54, 1.807) is 17.0 Å². The van der Waals surface area contributed by atoms with Gasteiger partial charge in [-0.1, -0.05) is 31.9 Å². The lowest BCUT2D eigenvalue weighted by Crippen LogP contribution is -2.48. The number of aromatic carboxylic acids is 1. The Morgan fingerprint density at radius 2 is 2.10 bits per heavy atom. The van der Waals surface area contributed by atoms with Gasteiger partial charge in [-0.25, -0.2) is 4.79 Å². The van der Waals surface area contributed by atoms with Crippen LogP contribution < -0.4 is 9.97 Å². The highest BCUT2D eigenvalue weighted by atomic mass is 16.5. The number of nitrogens with one attached hydrogen (secondary N) is 1. The van der Waals surface area contributed by atoms with Crippen molar-refractivity contribution in [1.82, 2.24) is 10.2 Å². The molecule has 9 heteroatoms. The Labute approximate surface area is 183 Å². The van der Waals surface area contributed by atoms with Gasteiger partial charge in [0.05, 0.1) is 12.1 Å². The first kappa shape index (κ1) is 23.3. The number of rotatable bonds is 10. The molecular formula is C22H31BN2O6. The predicted molar refractivity (Wildman–Crippen MR) is 116 cm³/mol. The molecule has 2 aliphatic rings. The van der Waals surface area contributed by atoms with Crippen molar-refractivity contribution in [3.63, 3.8) is 0 Å². The summed E-state index contributed by atoms with van der Waals surface area (Å²) in [5.74, 6) is -1.59. The second kappa shape index (κ2) is 10.8. The molecule has 0 bridgehead atoms. The van der Waals surface area contributed by atoms with Crippen molar-refractivity contribution in [2.45, 2.75) is 63.7 Å². The van der Waals surface area contributed by atoms with E-state index in [1.807, 2.05) is 0 Å². The molecule has 168 valence electrons. The molecule has 2 heterocycles. The predicted octanol–water partition coefficient (Wildman–Crippen LogP) is 1.90. The molecule has 0 radical (unpaired) electrons. The highest BCUT2D eigenvalue weighted by Gasteiger charge is 2.38. The van der Waals surface area contributed by atoms with Crippen LogP contribution >= 0.6 is 0 Å². The van der Waals surface area contributed by atoms with Gasteiger partial charge in [0.15, 0.2) is 5.78 Å². The minimum Gasteiger partial charge on any atom is -0.535 e. The minimum absolute atomic E-state index is 0.00176. The van der Waals surface area contributed by atoms with Crippen molar-refractivity contribution in [3.05, 3.63) is 29.3 Å². The van der Waals surface area contributed by atoms with E-state index in [0.29, 0.717) is 24.9 Å². The number of carboxylic acids is 1. The third kappa shape index (κ3) is 6.07. The summed E-state index contributed by atoms with van der Waals surface area (Å²) in [5, 5.41) is 23.0. The smallest absolute Gasteiger partial charge is 0.526 e. The minimum atomic E-state index is -1.26. The molecule has 8 nitrogen and oxygen atoms in total. The van der Waals surface area contributed by atoms with Gasteiger partial charge in [0.2, 0.25) is 5.91 Å². The summed E-state index contributed by atoms with van der Waals surface area (Å²) >= 11 is 0. The van der Waals surface area contributed by atoms with E-state index in [0.717, 1.165) is 25.8 Å². The number of hydrogen-bond acceptors (Lipinski definition) is 6. The van der Waals surface area contributed by atoms with E-state index in [1.165, 1.54) is 12.5 Å². The lowest BCUT2D eigenvalue weighted by atomic mass is 9.64. The number of fused-ring (bicyclic) bond motifs is 1. The van der Waals surface area contributed by atoms with Gasteiger partial charge in [0, 0.05) is 31.2 Å². The molecule has 3 rings (SSSR count). The Morgan fingerprint density at radius 1 is 1.29 bits per heavy atom. The standard InChI is InChI=1S/C22H31BN2O6/c1-2-3-4-9-24-17-8-10-25(20(27)13-17)14-18(26)12-16-11-15-6-5-7-19(22(28)29)21(15)31-23(16)30/h5-7,16-17,24,30H,2-4,8-14H2,1H3,(H,28,29)/t16-,17?/m1/s1. The maximum atomic E-state index is 12.6. The number of amides is 1. The second-order valence-electron chi connectivity index (χ2n) is 8.48. The number of unbranched alkanes of at least 4 members (excludes halogenated alkanes) is 2. The lowest BCUT2D eigenvalue weighted by Gasteiger charge is -2.32. The van der Waals surface area contributed by atoms with E-state index in [2.05, 4.69) is 12.2 Å². The Kier molecular flexibility index (Phi) is 8.09. The van der Waals surface area contributed by atoms with Crippen LogP contribution in [0, 0.1) is 0 Å². The molecule has 1 amide bonds. The van der Waals surface area contributed by atoms with Crippen molar-refractivity contribution in [2.75, 3.05) is 19.6 Å². The first-order valence-electron chi connectivity index (χ1n) is 11.1. The number of piperidine rings is 1. The number of carboxylic acid groups (broad SMARTS) is 1. The third-order valence-electron chi connectivity index (χ3n) is 6.04. The summed E-state index contributed by atoms with van der Waals surface area (Å²) in [6, 6.07) is 4.96. The fourth-order valence-electron chi connectivity index (χ4n) is 4.30. The number of carbonyl (C=O) groups is 3. The number of nitrogens with zero attached hydrogens (tertiary/aromatic N) is 1. The molecule has 31 heavy (non-hydrogen) atoms. The molecule has 1 unspecified atom stereocenters. The number of hydrogen-bond donors (Lipinski definition) is 3. The number of benzene rings is 1. The van der Waals surface area contributed by atoms with Crippen LogP contribution in [0.25, 0.3) is 0 Å². The summed E-state index contributed by atoms with van der Waals surface area (Å²) in [7, 11) is -1.26. The van der Waals surface area contributed by atoms with Crippen molar-refractivity contribution in [3.8, 4) is 5.75 Å². The van der Waals surface area contributed by atoms with Crippen LogP contribution in [0.3, 0.4) is 0 Å². The van der Waals surface area contributed by atoms with Crippen molar-refractivity contribution < 1.29 is 29.2 Å². The van der Waals surface area contributed by atoms with E-state index < -0.39 is 18.9 Å². The molecule has 0 aromatic heterocycles. The molecule has 3 N–H and O–H groups in total. The zero-order valence-electron chi connectivity index (χ0n) is 18.0. The average Bonchev–Trinajstić information content (AvgIpc) is 2.73. The van der Waals surface area contributed by atoms with Crippen LogP contribution in [-0.2, 0) is 16.0 Å². The monoisotopic (exact) mass is 430 g/mol. The highest BCUT2D eigenvalue weighted by Crippen LogP contribution is 2.36. The summed E-state index contributed by atoms with van der Waals surface area (Å²) in [6.07, 6.45) is 5.08. The number of ketones is 1. The van der Waals surface area contributed by atoms with Gasteiger partial charge in [0.1, 0.15) is 5.75 Å². The molecular weight excluding hydrogens is 399 g/mol. The second-order valence-corrected chi connectivity index (χ2v) is 8.48. The number of para-hydroxylation sites is 1. The van der Waals surface area contributed by atoms with Crippen molar-refractivity contribution >= 4 is 24.8 Å². The fraction of sp³-hybridized carbons (Fsp3) is 0.591. The first-order chi connectivity index (χ1) is 14.9. The zero-order valence-corrected chi connectivity index (χ0v) is 18.0. The van der Waals surface area contributed by atoms with Crippen LogP contribution in [0.5, 0.6) is 5.75 Å². The summed E-state index contributed by atoms with van der Waals surface area (Å²) in [4.78, 5) is 38.0. The van der Waals surface area contributed by atoms with Crippen molar-refractivity contribution in [1.29, 1.82) is 0 Å². The Hall–Kier alpha value is -2.39. The summed E-state index contributed by atoms with van der Waals surface area (Å²) < 4.78 is 5.45. The largest absolute Gasteiger partial charge is 0.535 e. The maximum absolute atomic E-state index is 12.6. The van der Waals surface area contributed by atoms with Crippen LogP contribution in [0.2, 0.25) is 5.82 Å². The van der Waals surface area contributed by atoms with Gasteiger partial charge < -0.3 is 25.0 Å². The molecule has 2 aliphatic heterocycles. The van der Waals surface area contributed by atoms with Gasteiger partial charge in [-0.3, -0.25) is 9.59 Å². The number of Topliss-reactive ketones (excluding diaryl/α,β-unsaturated/α-hetero) is 1. The molecule has 2 atom stereocenters. The first-order valence-corrected chi connectivity index (χ1v) is 11.1. The van der Waals surface area contributed by atoms with Gasteiger partial charge in [-0.05, 0) is 37.4 Å². The maximum Gasteiger partial charge on any atom is 0.526 e. The number of likely N-dealkylation sites (tertiary alicyclic amines) is 1. The molecule has 0 saturated carbocycles. The third-order valence-corrected chi connectivity index (χ3v) is 6.04. The molecule has 1 fully saturated rings. The summed E-state index contributed by atoms with van der Waals surface area (Å²) in [5.41, 5.74) is 0.659. The van der Waals surface area contributed by atoms with Crippen LogP contribution in [0.1, 0.15) is 61.4 Å². The SMILES string of the molecule is CCCCCNC1CCN(CC(=O)C[C@H]2Cc3cccc(C(=O)O)c3OB2O)C(=O)C1. The van der Waals surface area contributed by atoms with Gasteiger partial charge in [-0.2, -0.15) is 0 Å². The highest BCUT2D eigenvalue weighted by molar-refractivity contribution is 6.47. The van der Waals surface area contributed by atoms with Gasteiger partial charge in [-0.15, -0.1) is 0 Å². The Bertz CT molecular complexity index is 817. The molecule has 1 aromatic carbocycles. The Balaban J connectivity index is 1.49. The normalized spacial score (nSPS) is 20.9. The van der Waals surface area contributed by atoms with Crippen LogP contribution in [0.15, 0.2) is 18.2 Å². The lowest BCUT2D eigenvalue weighted by molar-refractivity contribution is -0.138. The molecule has 0 spiro atoms. The van der Waals surface area contributed by atoms with Crippen LogP contribution in [0.4, 0.5) is 0 Å². The average molecular weight is 430 g/mol. The topological polar surface area (TPSA) is 116 Å². The van der Waals surface area contributed by atoms with Gasteiger partial charge >= 0.3 is 13.1 Å². The summed E-state index contributed by atoms with van der Waals surface area (Å²) in [6.45, 7) is 3.65. The van der Waals surface area contributed by atoms with Crippen LogP contribution in [-0.4, -0.2) is 65.5 Å². The molecule has 1 saturated heterocycles. The van der Waals surface area contributed by atoms with E-state index in [9.17, 15) is 24.5 Å².